The summed E-state index contributed by atoms with van der Waals surface area (Å²) < 4.78 is 1.44. The molecule has 0 aliphatic heterocycles. The highest BCUT2D eigenvalue weighted by Gasteiger charge is 1.98. The van der Waals surface area contributed by atoms with Crippen molar-refractivity contribution in [2.24, 2.45) is 5.10 Å². The lowest BCUT2D eigenvalue weighted by Gasteiger charge is -2.06. The van der Waals surface area contributed by atoms with Gasteiger partial charge in [0.25, 0.3) is 0 Å². The third-order valence-electron chi connectivity index (χ3n) is 2.20. The Labute approximate surface area is 98.5 Å². The highest BCUT2D eigenvalue weighted by atomic mass is 16.3. The number of aldehydes is 1. The molecule has 0 fully saturated rings. The minimum atomic E-state index is -0.348. The molecule has 1 aromatic heterocycles. The summed E-state index contributed by atoms with van der Waals surface area (Å²) in [6.07, 6.45) is 4.09. The smallest absolute Gasteiger partial charge is 0.202 e. The molecule has 0 spiro atoms. The van der Waals surface area contributed by atoms with E-state index in [1.807, 2.05) is 6.07 Å². The van der Waals surface area contributed by atoms with Crippen LogP contribution >= 0.6 is 0 Å². The maximum absolute atomic E-state index is 11.7. The highest BCUT2D eigenvalue weighted by Crippen LogP contribution is 2.01. The van der Waals surface area contributed by atoms with Crippen LogP contribution in [-0.4, -0.2) is 12.2 Å². The number of carbonyl (C=O) groups is 1. The van der Waals surface area contributed by atoms with Gasteiger partial charge in [0.15, 0.2) is 0 Å². The molecule has 1 heterocycles. The van der Waals surface area contributed by atoms with Crippen molar-refractivity contribution in [3.8, 4) is 0 Å². The summed E-state index contributed by atoms with van der Waals surface area (Å²) in [5.41, 5.74) is 0.987. The van der Waals surface area contributed by atoms with Crippen molar-refractivity contribution in [2.75, 3.05) is 0 Å². The van der Waals surface area contributed by atoms with Gasteiger partial charge in [-0.1, -0.05) is 35.0 Å². The molecule has 0 unspecified atom stereocenters. The fourth-order valence-electron chi connectivity index (χ4n) is 1.32. The average molecular weight is 226 g/mol. The molecule has 0 saturated carbocycles. The third kappa shape index (κ3) is 2.75. The van der Waals surface area contributed by atoms with Crippen molar-refractivity contribution in [3.63, 3.8) is 0 Å². The van der Waals surface area contributed by atoms with Crippen LogP contribution < -0.4 is 9.78 Å². The first kappa shape index (κ1) is 11.0. The Morgan fingerprint density at radius 2 is 1.76 bits per heavy atom. The minimum Gasteiger partial charge on any atom is -0.854 e. The lowest BCUT2D eigenvalue weighted by atomic mass is 10.1. The third-order valence-corrected chi connectivity index (χ3v) is 2.20. The van der Waals surface area contributed by atoms with Gasteiger partial charge >= 0.3 is 0 Å². The van der Waals surface area contributed by atoms with E-state index >= 15 is 0 Å². The van der Waals surface area contributed by atoms with E-state index in [4.69, 9.17) is 0 Å². The molecule has 0 amide bonds. The Morgan fingerprint density at radius 1 is 1.12 bits per heavy atom. The molecule has 0 atom stereocenters. The summed E-state index contributed by atoms with van der Waals surface area (Å²) in [6, 6.07) is 11.8. The quantitative estimate of drug-likeness (QED) is 0.328. The molecule has 0 bridgehead atoms. The Morgan fingerprint density at radius 3 is 2.35 bits per heavy atom. The molecular weight excluding hydrogens is 216 g/mol. The summed E-state index contributed by atoms with van der Waals surface area (Å²) >= 11 is 0. The second-order valence-electron chi connectivity index (χ2n) is 3.40. The summed E-state index contributed by atoms with van der Waals surface area (Å²) in [5, 5.41) is 15.6. The van der Waals surface area contributed by atoms with E-state index in [0.29, 0.717) is 11.1 Å². The number of nitrogens with zero attached hydrogens (tertiary/aromatic N) is 2. The van der Waals surface area contributed by atoms with Gasteiger partial charge in [0.1, 0.15) is 6.29 Å². The van der Waals surface area contributed by atoms with E-state index in [1.165, 1.54) is 4.68 Å². The van der Waals surface area contributed by atoms with Crippen molar-refractivity contribution >= 4 is 12.2 Å². The van der Waals surface area contributed by atoms with Crippen molar-refractivity contribution in [1.82, 2.24) is 0 Å². The van der Waals surface area contributed by atoms with Gasteiger partial charge in [0, 0.05) is 17.7 Å². The molecule has 4 heteroatoms. The molecule has 2 aromatic rings. The minimum absolute atomic E-state index is 0.348. The van der Waals surface area contributed by atoms with Gasteiger partial charge in [-0.05, 0) is 10.7 Å². The maximum Gasteiger partial charge on any atom is 0.202 e. The van der Waals surface area contributed by atoms with Crippen LogP contribution in [0.15, 0.2) is 60.0 Å². The zero-order valence-electron chi connectivity index (χ0n) is 8.98. The molecule has 0 N–H and O–H groups in total. The molecule has 2 rings (SSSR count). The summed E-state index contributed by atoms with van der Waals surface area (Å²) in [7, 11) is 0. The maximum atomic E-state index is 11.7. The largest absolute Gasteiger partial charge is 0.854 e. The summed E-state index contributed by atoms with van der Waals surface area (Å²) in [5.74, 6) is -0.348. The van der Waals surface area contributed by atoms with E-state index < -0.39 is 0 Å². The SMILES string of the molecule is O=Cc1ccc(/C([O-])=N/[n+]2ccccc2)cc1. The fraction of sp³-hybridized carbons (Fsp3) is 0. The van der Waals surface area contributed by atoms with Crippen molar-refractivity contribution in [3.05, 3.63) is 66.0 Å². The number of aromatic nitrogens is 1. The van der Waals surface area contributed by atoms with Crippen LogP contribution in [-0.2, 0) is 0 Å². The van der Waals surface area contributed by atoms with Crippen LogP contribution in [0.4, 0.5) is 0 Å². The molecule has 0 radical (unpaired) electrons. The van der Waals surface area contributed by atoms with Crippen LogP contribution in [0.5, 0.6) is 0 Å². The van der Waals surface area contributed by atoms with Gasteiger partial charge < -0.3 is 5.11 Å². The second kappa shape index (κ2) is 5.03. The fourth-order valence-corrected chi connectivity index (χ4v) is 1.32. The predicted molar refractivity (Wildman–Crippen MR) is 60.4 cm³/mol. The first-order valence-corrected chi connectivity index (χ1v) is 5.07. The van der Waals surface area contributed by atoms with Crippen molar-refractivity contribution in [2.45, 2.75) is 0 Å². The number of carbonyl (C=O) groups excluding carboxylic acids is 1. The lowest BCUT2D eigenvalue weighted by Crippen LogP contribution is -2.33. The van der Waals surface area contributed by atoms with Gasteiger partial charge in [0.2, 0.25) is 12.4 Å². The van der Waals surface area contributed by atoms with E-state index in [2.05, 4.69) is 5.10 Å². The molecule has 1 aromatic carbocycles. The van der Waals surface area contributed by atoms with E-state index in [1.54, 1.807) is 48.8 Å². The summed E-state index contributed by atoms with van der Waals surface area (Å²) in [6.45, 7) is 0. The van der Waals surface area contributed by atoms with Crippen LogP contribution in [0, 0.1) is 0 Å². The van der Waals surface area contributed by atoms with Crippen molar-refractivity contribution < 1.29 is 14.6 Å². The molecule has 84 valence electrons. The molecule has 4 nitrogen and oxygen atoms in total. The van der Waals surface area contributed by atoms with Gasteiger partial charge in [-0.2, -0.15) is 0 Å². The number of hydrogen-bond acceptors (Lipinski definition) is 3. The second-order valence-corrected chi connectivity index (χ2v) is 3.40. The van der Waals surface area contributed by atoms with E-state index in [0.717, 1.165) is 6.29 Å². The van der Waals surface area contributed by atoms with Crippen LogP contribution in [0.25, 0.3) is 0 Å². The number of benzene rings is 1. The number of hydrogen-bond donors (Lipinski definition) is 0. The van der Waals surface area contributed by atoms with Crippen LogP contribution in [0.2, 0.25) is 0 Å². The van der Waals surface area contributed by atoms with Gasteiger partial charge in [-0.3, -0.25) is 4.79 Å². The highest BCUT2D eigenvalue weighted by molar-refractivity contribution is 5.90. The molecule has 0 saturated heterocycles. The number of rotatable bonds is 3. The first-order valence-electron chi connectivity index (χ1n) is 5.07. The van der Waals surface area contributed by atoms with E-state index in [-0.39, 0.29) is 5.90 Å². The van der Waals surface area contributed by atoms with Crippen molar-refractivity contribution in [1.29, 1.82) is 0 Å². The Balaban J connectivity index is 2.27. The normalized spacial score (nSPS) is 11.2. The first-order chi connectivity index (χ1) is 8.29. The van der Waals surface area contributed by atoms with Crippen LogP contribution in [0.1, 0.15) is 15.9 Å². The van der Waals surface area contributed by atoms with Crippen LogP contribution in [0.3, 0.4) is 0 Å². The lowest BCUT2D eigenvalue weighted by molar-refractivity contribution is -0.681. The monoisotopic (exact) mass is 226 g/mol. The predicted octanol–water partition coefficient (Wildman–Crippen LogP) is 0.357. The number of pyridine rings is 1. The zero-order chi connectivity index (χ0) is 12.1. The molecule has 17 heavy (non-hydrogen) atoms. The zero-order valence-corrected chi connectivity index (χ0v) is 8.98. The van der Waals surface area contributed by atoms with Gasteiger partial charge in [-0.15, -0.1) is 0 Å². The van der Waals surface area contributed by atoms with Gasteiger partial charge in [-0.25, -0.2) is 0 Å². The Kier molecular flexibility index (Phi) is 3.25. The summed E-state index contributed by atoms with van der Waals surface area (Å²) in [4.78, 5) is 10.5. The standard InChI is InChI=1S/C13H10N2O2/c16-10-11-4-6-12(7-5-11)13(17)14-15-8-2-1-3-9-15/h1-10H. The Hall–Kier alpha value is -2.49. The average Bonchev–Trinajstić information content (AvgIpc) is 2.40. The molecular formula is C13H10N2O2. The van der Waals surface area contributed by atoms with Gasteiger partial charge in [0.05, 0.1) is 5.90 Å². The Bertz CT molecular complexity index is 533. The topological polar surface area (TPSA) is 56.4 Å². The molecule has 0 aliphatic rings. The molecule has 0 aliphatic carbocycles. The van der Waals surface area contributed by atoms with E-state index in [9.17, 15) is 9.90 Å².